The minimum Gasteiger partial charge on any atom is -0.481 e. The number of nitrogens with one attached hydrogen (secondary N) is 1. The van der Waals surface area contributed by atoms with Gasteiger partial charge in [-0.05, 0) is 12.1 Å². The van der Waals surface area contributed by atoms with Crippen LogP contribution in [0.15, 0.2) is 30.3 Å². The SMILES string of the molecule is C[N+]1=C(c2ccccc2)NCC1(CCO)CCC(=O)O. The van der Waals surface area contributed by atoms with Crippen molar-refractivity contribution in [3.63, 3.8) is 0 Å². The smallest absolute Gasteiger partial charge is 0.303 e. The molecule has 1 aromatic carbocycles. The molecule has 1 aliphatic heterocycles. The monoisotopic (exact) mass is 277 g/mol. The third-order valence-electron chi connectivity index (χ3n) is 4.06. The maximum atomic E-state index is 10.9. The Hall–Kier alpha value is -1.88. The van der Waals surface area contributed by atoms with E-state index in [0.717, 1.165) is 11.4 Å². The maximum absolute atomic E-state index is 10.9. The number of rotatable bonds is 6. The summed E-state index contributed by atoms with van der Waals surface area (Å²) in [6, 6.07) is 9.95. The van der Waals surface area contributed by atoms with Crippen molar-refractivity contribution in [3.05, 3.63) is 35.9 Å². The van der Waals surface area contributed by atoms with Gasteiger partial charge in [-0.25, -0.2) is 0 Å². The highest BCUT2D eigenvalue weighted by Crippen LogP contribution is 2.25. The van der Waals surface area contributed by atoms with Crippen molar-refractivity contribution in [1.82, 2.24) is 5.32 Å². The van der Waals surface area contributed by atoms with Gasteiger partial charge < -0.3 is 10.2 Å². The largest absolute Gasteiger partial charge is 0.481 e. The van der Waals surface area contributed by atoms with Crippen LogP contribution in [0.4, 0.5) is 0 Å². The van der Waals surface area contributed by atoms with Crippen LogP contribution < -0.4 is 5.32 Å². The molecule has 0 amide bonds. The number of aliphatic hydroxyl groups is 1. The van der Waals surface area contributed by atoms with E-state index in [4.69, 9.17) is 5.11 Å². The van der Waals surface area contributed by atoms with E-state index in [1.54, 1.807) is 0 Å². The van der Waals surface area contributed by atoms with Gasteiger partial charge in [0.1, 0.15) is 12.1 Å². The van der Waals surface area contributed by atoms with Gasteiger partial charge in [0.25, 0.3) is 5.84 Å². The topological polar surface area (TPSA) is 72.6 Å². The van der Waals surface area contributed by atoms with Gasteiger partial charge in [0.15, 0.2) is 0 Å². The summed E-state index contributed by atoms with van der Waals surface area (Å²) in [7, 11) is 1.96. The van der Waals surface area contributed by atoms with Crippen LogP contribution in [-0.4, -0.2) is 52.3 Å². The summed E-state index contributed by atoms with van der Waals surface area (Å²) in [6.07, 6.45) is 1.18. The Morgan fingerprint density at radius 1 is 1.35 bits per heavy atom. The number of carboxylic acid groups (broad SMARTS) is 1. The second-order valence-electron chi connectivity index (χ2n) is 5.22. The summed E-state index contributed by atoms with van der Waals surface area (Å²) in [5, 5.41) is 21.6. The van der Waals surface area contributed by atoms with Crippen LogP contribution in [0.5, 0.6) is 0 Å². The Morgan fingerprint density at radius 2 is 2.05 bits per heavy atom. The van der Waals surface area contributed by atoms with Crippen LogP contribution in [0.2, 0.25) is 0 Å². The number of carbonyl (C=O) groups is 1. The van der Waals surface area contributed by atoms with Crippen LogP contribution in [0.1, 0.15) is 24.8 Å². The lowest BCUT2D eigenvalue weighted by Crippen LogP contribution is -2.43. The standard InChI is InChI=1S/C15H20N2O3/c1-17-14(12-5-3-2-4-6-12)16-11-15(17,9-10-18)8-7-13(19)20/h2-6,18H,7-11H2,1H3,(H,19,20)/p+1. The molecule has 0 bridgehead atoms. The Kier molecular flexibility index (Phi) is 4.39. The molecule has 5 nitrogen and oxygen atoms in total. The molecule has 20 heavy (non-hydrogen) atoms. The summed E-state index contributed by atoms with van der Waals surface area (Å²) in [5.41, 5.74) is 0.739. The van der Waals surface area contributed by atoms with E-state index >= 15 is 0 Å². The fourth-order valence-electron chi connectivity index (χ4n) is 2.80. The fraction of sp³-hybridized carbons (Fsp3) is 0.467. The Morgan fingerprint density at radius 3 is 2.65 bits per heavy atom. The molecular formula is C15H21N2O3+. The molecule has 3 N–H and O–H groups in total. The molecule has 1 unspecified atom stereocenters. The number of hydrogen-bond donors (Lipinski definition) is 3. The number of hydrogen-bond acceptors (Lipinski definition) is 3. The molecule has 1 aromatic rings. The molecule has 2 rings (SSSR count). The van der Waals surface area contributed by atoms with Crippen molar-refractivity contribution in [1.29, 1.82) is 0 Å². The van der Waals surface area contributed by atoms with Gasteiger partial charge >= 0.3 is 5.97 Å². The quantitative estimate of drug-likeness (QED) is 0.668. The van der Waals surface area contributed by atoms with Gasteiger partial charge in [-0.1, -0.05) is 18.2 Å². The second kappa shape index (κ2) is 6.05. The Labute approximate surface area is 118 Å². The highest BCUT2D eigenvalue weighted by atomic mass is 16.4. The molecule has 1 aliphatic rings. The molecule has 0 saturated carbocycles. The van der Waals surface area contributed by atoms with E-state index in [1.165, 1.54) is 0 Å². The normalized spacial score (nSPS) is 21.9. The number of amidine groups is 1. The van der Waals surface area contributed by atoms with Gasteiger partial charge in [0, 0.05) is 25.9 Å². The zero-order chi connectivity index (χ0) is 14.6. The molecular weight excluding hydrogens is 256 g/mol. The van der Waals surface area contributed by atoms with Crippen molar-refractivity contribution in [2.75, 3.05) is 20.2 Å². The van der Waals surface area contributed by atoms with Crippen LogP contribution in [-0.2, 0) is 4.79 Å². The van der Waals surface area contributed by atoms with Crippen molar-refractivity contribution >= 4 is 11.8 Å². The molecule has 0 fully saturated rings. The van der Waals surface area contributed by atoms with Crippen molar-refractivity contribution in [2.45, 2.75) is 24.8 Å². The van der Waals surface area contributed by atoms with Gasteiger partial charge in [0.05, 0.1) is 12.6 Å². The summed E-state index contributed by atoms with van der Waals surface area (Å²) < 4.78 is 2.08. The molecule has 0 aromatic heterocycles. The highest BCUT2D eigenvalue weighted by molar-refractivity contribution is 5.95. The minimum atomic E-state index is -0.802. The average Bonchev–Trinajstić information content (AvgIpc) is 2.76. The summed E-state index contributed by atoms with van der Waals surface area (Å²) >= 11 is 0. The molecule has 5 heteroatoms. The zero-order valence-electron chi connectivity index (χ0n) is 11.7. The summed E-state index contributed by atoms with van der Waals surface area (Å²) in [4.78, 5) is 10.9. The number of carboxylic acids is 1. The van der Waals surface area contributed by atoms with E-state index in [2.05, 4.69) is 9.89 Å². The fourth-order valence-corrected chi connectivity index (χ4v) is 2.80. The number of nitrogens with zero attached hydrogens (tertiary/aromatic N) is 1. The van der Waals surface area contributed by atoms with Gasteiger partial charge in [-0.15, -0.1) is 0 Å². The number of likely N-dealkylation sites (N-methyl/N-ethyl adjacent to an activating group) is 1. The second-order valence-corrected chi connectivity index (χ2v) is 5.22. The van der Waals surface area contributed by atoms with E-state index in [-0.39, 0.29) is 18.6 Å². The number of aliphatic hydroxyl groups excluding tert-OH is 1. The maximum Gasteiger partial charge on any atom is 0.303 e. The molecule has 0 spiro atoms. The zero-order valence-corrected chi connectivity index (χ0v) is 11.7. The van der Waals surface area contributed by atoms with E-state index in [9.17, 15) is 9.90 Å². The molecule has 0 saturated heterocycles. The van der Waals surface area contributed by atoms with Gasteiger partial charge in [-0.3, -0.25) is 14.7 Å². The first-order chi connectivity index (χ1) is 9.59. The lowest BCUT2D eigenvalue weighted by molar-refractivity contribution is -0.574. The third kappa shape index (κ3) is 2.82. The third-order valence-corrected chi connectivity index (χ3v) is 4.06. The molecule has 1 heterocycles. The lowest BCUT2D eigenvalue weighted by Gasteiger charge is -2.25. The first kappa shape index (κ1) is 14.5. The van der Waals surface area contributed by atoms with Crippen LogP contribution >= 0.6 is 0 Å². The predicted molar refractivity (Wildman–Crippen MR) is 76.0 cm³/mol. The first-order valence-electron chi connectivity index (χ1n) is 6.82. The Bertz CT molecular complexity index is 513. The highest BCUT2D eigenvalue weighted by Gasteiger charge is 2.44. The number of benzene rings is 1. The van der Waals surface area contributed by atoms with Gasteiger partial charge in [-0.2, -0.15) is 0 Å². The lowest BCUT2D eigenvalue weighted by atomic mass is 9.90. The van der Waals surface area contributed by atoms with Gasteiger partial charge in [0.2, 0.25) is 0 Å². The molecule has 108 valence electrons. The minimum absolute atomic E-state index is 0.0493. The summed E-state index contributed by atoms with van der Waals surface area (Å²) in [5.74, 6) is 0.188. The van der Waals surface area contributed by atoms with E-state index in [0.29, 0.717) is 19.4 Å². The molecule has 0 aliphatic carbocycles. The van der Waals surface area contributed by atoms with Crippen LogP contribution in [0.3, 0.4) is 0 Å². The van der Waals surface area contributed by atoms with Crippen molar-refractivity contribution in [3.8, 4) is 0 Å². The van der Waals surface area contributed by atoms with Crippen LogP contribution in [0, 0.1) is 0 Å². The molecule has 0 radical (unpaired) electrons. The van der Waals surface area contributed by atoms with E-state index in [1.807, 2.05) is 37.4 Å². The van der Waals surface area contributed by atoms with Crippen LogP contribution in [0.25, 0.3) is 0 Å². The van der Waals surface area contributed by atoms with E-state index < -0.39 is 5.97 Å². The Balaban J connectivity index is 2.30. The van der Waals surface area contributed by atoms with Crippen molar-refractivity contribution < 1.29 is 19.6 Å². The van der Waals surface area contributed by atoms with Crippen molar-refractivity contribution in [2.24, 2.45) is 0 Å². The summed E-state index contributed by atoms with van der Waals surface area (Å²) in [6.45, 7) is 0.704. The first-order valence-corrected chi connectivity index (χ1v) is 6.82. The molecule has 1 atom stereocenters. The predicted octanol–water partition coefficient (Wildman–Crippen LogP) is 0.665. The average molecular weight is 277 g/mol. The number of aliphatic carboxylic acids is 1.